The molecule has 2 heterocycles. The van der Waals surface area contributed by atoms with Gasteiger partial charge >= 0.3 is 0 Å². The normalized spacial score (nSPS) is 25.9. The van der Waals surface area contributed by atoms with Gasteiger partial charge in [-0.15, -0.1) is 0 Å². The highest BCUT2D eigenvalue weighted by Crippen LogP contribution is 2.39. The molecule has 4 nitrogen and oxygen atoms in total. The maximum atomic E-state index is 13.4. The third-order valence-electron chi connectivity index (χ3n) is 5.45. The van der Waals surface area contributed by atoms with Gasteiger partial charge in [-0.2, -0.15) is 0 Å². The zero-order valence-electron chi connectivity index (χ0n) is 14.1. The Morgan fingerprint density at radius 3 is 2.68 bits per heavy atom. The predicted octanol–water partition coefficient (Wildman–Crippen LogP) is 3.26. The van der Waals surface area contributed by atoms with Crippen LogP contribution in [0.15, 0.2) is 42.7 Å². The van der Waals surface area contributed by atoms with Gasteiger partial charge < -0.3 is 14.7 Å². The van der Waals surface area contributed by atoms with E-state index < -0.39 is 5.82 Å². The van der Waals surface area contributed by atoms with Crippen molar-refractivity contribution in [1.82, 2.24) is 9.88 Å². The van der Waals surface area contributed by atoms with Crippen LogP contribution in [0.4, 0.5) is 4.39 Å². The van der Waals surface area contributed by atoms with Crippen molar-refractivity contribution in [2.45, 2.75) is 25.4 Å². The molecule has 0 amide bonds. The lowest BCUT2D eigenvalue weighted by atomic mass is 10.0. The Balaban J connectivity index is 1.26. The number of nitrogens with zero attached hydrogens (tertiary/aromatic N) is 2. The summed E-state index contributed by atoms with van der Waals surface area (Å²) in [6, 6.07) is 8.53. The molecule has 2 fully saturated rings. The second-order valence-corrected chi connectivity index (χ2v) is 7.22. The number of halogens is 1. The van der Waals surface area contributed by atoms with Crippen LogP contribution in [0.1, 0.15) is 18.4 Å². The number of benzene rings is 1. The summed E-state index contributed by atoms with van der Waals surface area (Å²) in [5.41, 5.74) is 0.935. The molecular formula is C20H23FN2O2. The van der Waals surface area contributed by atoms with Gasteiger partial charge in [-0.1, -0.05) is 6.07 Å². The van der Waals surface area contributed by atoms with E-state index in [4.69, 9.17) is 4.74 Å². The van der Waals surface area contributed by atoms with Crippen LogP contribution >= 0.6 is 0 Å². The van der Waals surface area contributed by atoms with Crippen LogP contribution in [-0.2, 0) is 6.42 Å². The van der Waals surface area contributed by atoms with E-state index in [-0.39, 0.29) is 5.75 Å². The number of hydrogen-bond donors (Lipinski definition) is 1. The first-order valence-corrected chi connectivity index (χ1v) is 8.94. The summed E-state index contributed by atoms with van der Waals surface area (Å²) >= 11 is 0. The fourth-order valence-electron chi connectivity index (χ4n) is 4.22. The number of aromatic nitrogens is 1. The molecular weight excluding hydrogens is 319 g/mol. The first-order chi connectivity index (χ1) is 12.2. The Hall–Kier alpha value is -2.14. The minimum atomic E-state index is -0.536. The van der Waals surface area contributed by atoms with Crippen LogP contribution in [-0.4, -0.2) is 40.7 Å². The summed E-state index contributed by atoms with van der Waals surface area (Å²) in [6.45, 7) is 3.13. The largest absolute Gasteiger partial charge is 0.505 e. The van der Waals surface area contributed by atoms with Crippen LogP contribution in [0, 0.1) is 17.7 Å². The first-order valence-electron chi connectivity index (χ1n) is 8.94. The third kappa shape index (κ3) is 3.76. The standard InChI is InChI=1S/C20H23FN2O2/c21-19-8-14(3-4-20(19)24)5-7-23-12-15-9-18(10-16(15)13-23)25-17-2-1-6-22-11-17/h1-4,6,8,11,15-16,18,24H,5,7,9-10,12-13H2/t15-,16+,18+. The van der Waals surface area contributed by atoms with Gasteiger partial charge in [0.25, 0.3) is 0 Å². The van der Waals surface area contributed by atoms with Gasteiger partial charge in [0.2, 0.25) is 0 Å². The van der Waals surface area contributed by atoms with Crippen molar-refractivity contribution in [2.75, 3.05) is 19.6 Å². The quantitative estimate of drug-likeness (QED) is 0.906. The number of pyridine rings is 1. The summed E-state index contributed by atoms with van der Waals surface area (Å²) in [5.74, 6) is 1.43. The number of phenolic OH excluding ortho intramolecular Hbond substituents is 1. The summed E-state index contributed by atoms with van der Waals surface area (Å²) in [5, 5.41) is 9.26. The molecule has 0 bridgehead atoms. The second-order valence-electron chi connectivity index (χ2n) is 7.22. The lowest BCUT2D eigenvalue weighted by Gasteiger charge is -2.19. The Morgan fingerprint density at radius 2 is 2.00 bits per heavy atom. The Bertz CT molecular complexity index is 711. The molecule has 2 aliphatic rings. The average molecular weight is 342 g/mol. The molecule has 1 aromatic heterocycles. The van der Waals surface area contributed by atoms with E-state index in [1.165, 1.54) is 12.1 Å². The second kappa shape index (κ2) is 7.00. The number of likely N-dealkylation sites (tertiary alicyclic amines) is 1. The van der Waals surface area contributed by atoms with E-state index in [1.807, 2.05) is 12.1 Å². The molecule has 3 atom stereocenters. The van der Waals surface area contributed by atoms with Gasteiger partial charge in [0.05, 0.1) is 12.3 Å². The minimum Gasteiger partial charge on any atom is -0.505 e. The van der Waals surface area contributed by atoms with Gasteiger partial charge in [0, 0.05) is 25.8 Å². The van der Waals surface area contributed by atoms with Crippen LogP contribution in [0.3, 0.4) is 0 Å². The SMILES string of the molecule is Oc1ccc(CCN2C[C@H]3C[C@H](Oc4cccnc4)C[C@H]3C2)cc1F. The molecule has 1 saturated carbocycles. The van der Waals surface area contributed by atoms with Crippen molar-refractivity contribution in [3.8, 4) is 11.5 Å². The van der Waals surface area contributed by atoms with E-state index in [1.54, 1.807) is 18.5 Å². The molecule has 0 unspecified atom stereocenters. The van der Waals surface area contributed by atoms with Crippen molar-refractivity contribution in [2.24, 2.45) is 11.8 Å². The fraction of sp³-hybridized carbons (Fsp3) is 0.450. The van der Waals surface area contributed by atoms with E-state index >= 15 is 0 Å². The maximum absolute atomic E-state index is 13.4. The summed E-state index contributed by atoms with van der Waals surface area (Å²) < 4.78 is 19.5. The maximum Gasteiger partial charge on any atom is 0.165 e. The van der Waals surface area contributed by atoms with Crippen LogP contribution in [0.5, 0.6) is 11.5 Å². The predicted molar refractivity (Wildman–Crippen MR) is 93.1 cm³/mol. The third-order valence-corrected chi connectivity index (χ3v) is 5.45. The highest BCUT2D eigenvalue weighted by molar-refractivity contribution is 5.28. The Labute approximate surface area is 147 Å². The lowest BCUT2D eigenvalue weighted by molar-refractivity contribution is 0.185. The Kier molecular flexibility index (Phi) is 4.57. The zero-order valence-corrected chi connectivity index (χ0v) is 14.1. The summed E-state index contributed by atoms with van der Waals surface area (Å²) in [7, 11) is 0. The van der Waals surface area contributed by atoms with Crippen molar-refractivity contribution >= 4 is 0 Å². The first kappa shape index (κ1) is 16.3. The monoisotopic (exact) mass is 342 g/mol. The van der Waals surface area contributed by atoms with Crippen molar-refractivity contribution in [3.63, 3.8) is 0 Å². The topological polar surface area (TPSA) is 45.6 Å². The van der Waals surface area contributed by atoms with Crippen molar-refractivity contribution < 1.29 is 14.2 Å². The molecule has 1 aliphatic heterocycles. The molecule has 132 valence electrons. The number of aromatic hydroxyl groups is 1. The van der Waals surface area contributed by atoms with Crippen LogP contribution < -0.4 is 4.74 Å². The van der Waals surface area contributed by atoms with E-state index in [0.717, 1.165) is 50.2 Å². The smallest absolute Gasteiger partial charge is 0.165 e. The molecule has 25 heavy (non-hydrogen) atoms. The van der Waals surface area contributed by atoms with E-state index in [0.29, 0.717) is 17.9 Å². The number of rotatable bonds is 5. The Morgan fingerprint density at radius 1 is 1.20 bits per heavy atom. The fourth-order valence-corrected chi connectivity index (χ4v) is 4.22. The van der Waals surface area contributed by atoms with Gasteiger partial charge in [-0.05, 0) is 60.9 Å². The van der Waals surface area contributed by atoms with E-state index in [9.17, 15) is 9.50 Å². The summed E-state index contributed by atoms with van der Waals surface area (Å²) in [4.78, 5) is 6.57. The molecule has 0 spiro atoms. The highest BCUT2D eigenvalue weighted by atomic mass is 19.1. The molecule has 1 aromatic carbocycles. The number of fused-ring (bicyclic) bond motifs is 1. The molecule has 1 N–H and O–H groups in total. The zero-order chi connectivity index (χ0) is 17.2. The molecule has 1 aliphatic carbocycles. The van der Waals surface area contributed by atoms with E-state index in [2.05, 4.69) is 9.88 Å². The summed E-state index contributed by atoms with van der Waals surface area (Å²) in [6.07, 6.45) is 6.85. The molecule has 0 radical (unpaired) electrons. The van der Waals surface area contributed by atoms with Crippen LogP contribution in [0.2, 0.25) is 0 Å². The lowest BCUT2D eigenvalue weighted by Crippen LogP contribution is -2.26. The number of ether oxygens (including phenoxy) is 1. The number of phenols is 1. The molecule has 1 saturated heterocycles. The van der Waals surface area contributed by atoms with Gasteiger partial charge in [0.1, 0.15) is 5.75 Å². The average Bonchev–Trinajstić information content (AvgIpc) is 3.15. The van der Waals surface area contributed by atoms with Crippen molar-refractivity contribution in [1.29, 1.82) is 0 Å². The van der Waals surface area contributed by atoms with Gasteiger partial charge in [-0.25, -0.2) is 4.39 Å². The molecule has 4 rings (SSSR count). The number of hydrogen-bond acceptors (Lipinski definition) is 4. The minimum absolute atomic E-state index is 0.279. The molecule has 5 heteroatoms. The van der Waals surface area contributed by atoms with Gasteiger partial charge in [-0.3, -0.25) is 4.98 Å². The molecule has 2 aromatic rings. The van der Waals surface area contributed by atoms with Crippen LogP contribution in [0.25, 0.3) is 0 Å². The van der Waals surface area contributed by atoms with Gasteiger partial charge in [0.15, 0.2) is 11.6 Å². The van der Waals surface area contributed by atoms with Crippen molar-refractivity contribution in [3.05, 3.63) is 54.1 Å². The highest BCUT2D eigenvalue weighted by Gasteiger charge is 2.41.